The molecular weight excluding hydrogens is 438 g/mol. The normalized spacial score (nSPS) is 18.8. The fourth-order valence-corrected chi connectivity index (χ4v) is 2.82. The van der Waals surface area contributed by atoms with Gasteiger partial charge in [-0.25, -0.2) is 9.18 Å². The van der Waals surface area contributed by atoms with E-state index in [2.05, 4.69) is 0 Å². The van der Waals surface area contributed by atoms with Gasteiger partial charge in [-0.3, -0.25) is 10.1 Å². The van der Waals surface area contributed by atoms with Crippen LogP contribution < -0.4 is 4.74 Å². The maximum atomic E-state index is 13.6. The standard InChI is InChI=1S/C18H12ClF4NO6/c19-12-5-9(18(21,22)23)1-4-15(12)29-10-2-3-14(24(26)27)11(6-10)17(25)30-16-8-28-7-13(16)20/h1-6,13,16H,7-8H2. The van der Waals surface area contributed by atoms with Crippen molar-refractivity contribution in [2.24, 2.45) is 0 Å². The Bertz CT molecular complexity index is 984. The molecule has 0 N–H and O–H groups in total. The van der Waals surface area contributed by atoms with Crippen LogP contribution in [0.15, 0.2) is 36.4 Å². The highest BCUT2D eigenvalue weighted by Crippen LogP contribution is 2.37. The van der Waals surface area contributed by atoms with Gasteiger partial charge in [-0.05, 0) is 24.3 Å². The molecule has 12 heteroatoms. The van der Waals surface area contributed by atoms with Crippen molar-refractivity contribution < 1.29 is 41.5 Å². The Hall–Kier alpha value is -2.92. The number of benzene rings is 2. The molecule has 0 bridgehead atoms. The van der Waals surface area contributed by atoms with Crippen molar-refractivity contribution in [3.05, 3.63) is 62.7 Å². The molecule has 2 aromatic carbocycles. The molecule has 1 aliphatic heterocycles. The number of nitrogens with zero attached hydrogens (tertiary/aromatic N) is 1. The lowest BCUT2D eigenvalue weighted by Crippen LogP contribution is -2.27. The van der Waals surface area contributed by atoms with Crippen LogP contribution in [0.5, 0.6) is 11.5 Å². The summed E-state index contributed by atoms with van der Waals surface area (Å²) in [5, 5.41) is 10.8. The topological polar surface area (TPSA) is 87.9 Å². The molecule has 30 heavy (non-hydrogen) atoms. The minimum absolute atomic E-state index is 0.131. The molecule has 2 atom stereocenters. The first kappa shape index (κ1) is 21.8. The first-order chi connectivity index (χ1) is 14.1. The molecule has 1 aliphatic rings. The molecule has 1 fully saturated rings. The van der Waals surface area contributed by atoms with Crippen LogP contribution in [0.4, 0.5) is 23.2 Å². The third-order valence-electron chi connectivity index (χ3n) is 4.09. The van der Waals surface area contributed by atoms with Gasteiger partial charge in [0.05, 0.1) is 28.7 Å². The third-order valence-corrected chi connectivity index (χ3v) is 4.39. The van der Waals surface area contributed by atoms with Gasteiger partial charge in [0.15, 0.2) is 12.3 Å². The van der Waals surface area contributed by atoms with Crippen LogP contribution in [0.25, 0.3) is 0 Å². The molecule has 3 rings (SSSR count). The van der Waals surface area contributed by atoms with Gasteiger partial charge in [-0.15, -0.1) is 0 Å². The lowest BCUT2D eigenvalue weighted by Gasteiger charge is -2.14. The van der Waals surface area contributed by atoms with E-state index >= 15 is 0 Å². The average Bonchev–Trinajstić information content (AvgIpc) is 3.06. The van der Waals surface area contributed by atoms with E-state index in [9.17, 15) is 32.5 Å². The monoisotopic (exact) mass is 449 g/mol. The van der Waals surface area contributed by atoms with E-state index in [-0.39, 0.29) is 29.7 Å². The molecule has 0 aliphatic carbocycles. The summed E-state index contributed by atoms with van der Waals surface area (Å²) in [7, 11) is 0. The van der Waals surface area contributed by atoms with Crippen molar-refractivity contribution >= 4 is 23.3 Å². The molecule has 0 saturated carbocycles. The molecule has 1 saturated heterocycles. The fourth-order valence-electron chi connectivity index (χ4n) is 2.61. The second-order valence-corrected chi connectivity index (χ2v) is 6.59. The number of alkyl halides is 4. The Labute approximate surface area is 171 Å². The van der Waals surface area contributed by atoms with Gasteiger partial charge >= 0.3 is 12.1 Å². The minimum Gasteiger partial charge on any atom is -0.456 e. The van der Waals surface area contributed by atoms with Crippen LogP contribution in [-0.2, 0) is 15.7 Å². The Kier molecular flexibility index (Phi) is 6.13. The van der Waals surface area contributed by atoms with Gasteiger partial charge in [0.1, 0.15) is 17.1 Å². The molecular formula is C18H12ClF4NO6. The predicted molar refractivity (Wildman–Crippen MR) is 94.5 cm³/mol. The Morgan fingerprint density at radius 1 is 1.20 bits per heavy atom. The van der Waals surface area contributed by atoms with Crippen molar-refractivity contribution in [2.45, 2.75) is 18.5 Å². The molecule has 1 heterocycles. The number of esters is 1. The van der Waals surface area contributed by atoms with Gasteiger partial charge in [-0.1, -0.05) is 11.6 Å². The first-order valence-electron chi connectivity index (χ1n) is 8.32. The predicted octanol–water partition coefficient (Wildman–Crippen LogP) is 4.95. The number of halogens is 5. The van der Waals surface area contributed by atoms with Crippen LogP contribution in [0.2, 0.25) is 5.02 Å². The summed E-state index contributed by atoms with van der Waals surface area (Å²) in [5.74, 6) is -1.48. The maximum Gasteiger partial charge on any atom is 0.416 e. The van der Waals surface area contributed by atoms with Crippen molar-refractivity contribution in [3.8, 4) is 11.5 Å². The SMILES string of the molecule is O=C(OC1COCC1F)c1cc(Oc2ccc(C(F)(F)F)cc2Cl)ccc1[N+](=O)[O-]. The van der Waals surface area contributed by atoms with Gasteiger partial charge in [0.25, 0.3) is 5.69 Å². The van der Waals surface area contributed by atoms with Crippen LogP contribution in [0.3, 0.4) is 0 Å². The third kappa shape index (κ3) is 4.79. The molecule has 7 nitrogen and oxygen atoms in total. The smallest absolute Gasteiger partial charge is 0.416 e. The molecule has 0 amide bonds. The van der Waals surface area contributed by atoms with E-state index < -0.39 is 46.2 Å². The average molecular weight is 450 g/mol. The zero-order valence-electron chi connectivity index (χ0n) is 14.8. The van der Waals surface area contributed by atoms with Gasteiger partial charge < -0.3 is 14.2 Å². The van der Waals surface area contributed by atoms with Crippen molar-refractivity contribution in [2.75, 3.05) is 13.2 Å². The highest BCUT2D eigenvalue weighted by molar-refractivity contribution is 6.32. The van der Waals surface area contributed by atoms with Gasteiger partial charge in [0.2, 0.25) is 0 Å². The zero-order valence-corrected chi connectivity index (χ0v) is 15.6. The first-order valence-corrected chi connectivity index (χ1v) is 8.70. The van der Waals surface area contributed by atoms with Crippen molar-refractivity contribution in [1.82, 2.24) is 0 Å². The van der Waals surface area contributed by atoms with Crippen LogP contribution in [-0.4, -0.2) is 36.4 Å². The Balaban J connectivity index is 1.87. The molecule has 2 unspecified atom stereocenters. The number of nitro groups is 1. The van der Waals surface area contributed by atoms with Crippen LogP contribution in [0.1, 0.15) is 15.9 Å². The maximum absolute atomic E-state index is 13.6. The fraction of sp³-hybridized carbons (Fsp3) is 0.278. The largest absolute Gasteiger partial charge is 0.456 e. The highest BCUT2D eigenvalue weighted by atomic mass is 35.5. The second kappa shape index (κ2) is 8.44. The van der Waals surface area contributed by atoms with Gasteiger partial charge in [0, 0.05) is 12.1 Å². The van der Waals surface area contributed by atoms with Gasteiger partial charge in [-0.2, -0.15) is 13.2 Å². The summed E-state index contributed by atoms with van der Waals surface area (Å²) >= 11 is 5.82. The summed E-state index contributed by atoms with van der Waals surface area (Å²) in [5.41, 5.74) is -2.15. The Morgan fingerprint density at radius 3 is 2.50 bits per heavy atom. The lowest BCUT2D eigenvalue weighted by atomic mass is 10.1. The van der Waals surface area contributed by atoms with E-state index in [0.29, 0.717) is 6.07 Å². The van der Waals surface area contributed by atoms with Crippen molar-refractivity contribution in [1.29, 1.82) is 0 Å². The second-order valence-electron chi connectivity index (χ2n) is 6.18. The summed E-state index contributed by atoms with van der Waals surface area (Å²) in [6.45, 7) is -0.465. The molecule has 0 radical (unpaired) electrons. The summed E-state index contributed by atoms with van der Waals surface area (Å²) in [6, 6.07) is 5.38. The number of hydrogen-bond acceptors (Lipinski definition) is 6. The number of carbonyl (C=O) groups is 1. The number of rotatable bonds is 5. The van der Waals surface area contributed by atoms with E-state index in [4.69, 9.17) is 25.8 Å². The summed E-state index contributed by atoms with van der Waals surface area (Å²) in [6.07, 6.45) is -7.39. The van der Waals surface area contributed by atoms with Crippen LogP contribution >= 0.6 is 11.6 Å². The minimum atomic E-state index is -4.61. The van der Waals surface area contributed by atoms with E-state index in [1.165, 1.54) is 0 Å². The molecule has 0 spiro atoms. The van der Waals surface area contributed by atoms with E-state index in [1.807, 2.05) is 0 Å². The number of nitro benzene ring substituents is 1. The number of hydrogen-bond donors (Lipinski definition) is 0. The summed E-state index contributed by atoms with van der Waals surface area (Å²) < 4.78 is 66.9. The van der Waals surface area contributed by atoms with E-state index in [0.717, 1.165) is 30.3 Å². The van der Waals surface area contributed by atoms with Crippen LogP contribution in [0, 0.1) is 10.1 Å². The number of carbonyl (C=O) groups excluding carboxylic acids is 1. The highest BCUT2D eigenvalue weighted by Gasteiger charge is 2.34. The number of ether oxygens (including phenoxy) is 3. The van der Waals surface area contributed by atoms with E-state index in [1.54, 1.807) is 0 Å². The lowest BCUT2D eigenvalue weighted by molar-refractivity contribution is -0.385. The molecule has 0 aromatic heterocycles. The molecule has 2 aromatic rings. The summed E-state index contributed by atoms with van der Waals surface area (Å²) in [4.78, 5) is 22.7. The van der Waals surface area contributed by atoms with Crippen molar-refractivity contribution in [3.63, 3.8) is 0 Å². The quantitative estimate of drug-likeness (QED) is 0.278. The Morgan fingerprint density at radius 2 is 1.93 bits per heavy atom. The zero-order chi connectivity index (χ0) is 22.1. The molecule has 160 valence electrons.